The van der Waals surface area contributed by atoms with E-state index in [0.29, 0.717) is 11.0 Å². The molecule has 28 heavy (non-hydrogen) atoms. The van der Waals surface area contributed by atoms with Crippen LogP contribution in [0.15, 0.2) is 76.5 Å². The van der Waals surface area contributed by atoms with Crippen molar-refractivity contribution in [3.8, 4) is 5.69 Å². The van der Waals surface area contributed by atoms with Gasteiger partial charge >= 0.3 is 0 Å². The number of aromatic nitrogens is 2. The van der Waals surface area contributed by atoms with Crippen molar-refractivity contribution in [1.29, 1.82) is 0 Å². The molecule has 2 heterocycles. The molecule has 4 aromatic rings. The van der Waals surface area contributed by atoms with Crippen LogP contribution >= 0.6 is 0 Å². The van der Waals surface area contributed by atoms with E-state index in [4.69, 9.17) is 4.42 Å². The maximum absolute atomic E-state index is 12.6. The van der Waals surface area contributed by atoms with Crippen molar-refractivity contribution in [2.75, 3.05) is 0 Å². The number of benzene rings is 2. The average Bonchev–Trinajstić information content (AvgIpc) is 3.23. The molecule has 140 valence electrons. The lowest BCUT2D eigenvalue weighted by Crippen LogP contribution is -2.27. The third kappa shape index (κ3) is 3.44. The molecule has 6 heteroatoms. The van der Waals surface area contributed by atoms with Crippen LogP contribution in [0.1, 0.15) is 34.6 Å². The van der Waals surface area contributed by atoms with Crippen LogP contribution < -0.4 is 10.7 Å². The zero-order valence-electron chi connectivity index (χ0n) is 15.5. The van der Waals surface area contributed by atoms with Gasteiger partial charge in [0, 0.05) is 24.1 Å². The van der Waals surface area contributed by atoms with E-state index in [1.54, 1.807) is 24.7 Å². The van der Waals surface area contributed by atoms with Gasteiger partial charge in [0.1, 0.15) is 5.58 Å². The van der Waals surface area contributed by atoms with Crippen molar-refractivity contribution in [3.63, 3.8) is 0 Å². The van der Waals surface area contributed by atoms with Gasteiger partial charge in [-0.2, -0.15) is 0 Å². The van der Waals surface area contributed by atoms with Crippen LogP contribution in [0.5, 0.6) is 0 Å². The Morgan fingerprint density at radius 2 is 1.93 bits per heavy atom. The topological polar surface area (TPSA) is 77.1 Å². The van der Waals surface area contributed by atoms with Crippen molar-refractivity contribution in [2.45, 2.75) is 19.9 Å². The molecule has 0 saturated carbocycles. The van der Waals surface area contributed by atoms with Gasteiger partial charge in [-0.05, 0) is 43.7 Å². The predicted octanol–water partition coefficient (Wildman–Crippen LogP) is 3.78. The summed E-state index contributed by atoms with van der Waals surface area (Å²) in [5.41, 5.74) is 3.06. The normalized spacial score (nSPS) is 12.1. The van der Waals surface area contributed by atoms with Crippen LogP contribution in [-0.4, -0.2) is 15.5 Å². The summed E-state index contributed by atoms with van der Waals surface area (Å²) in [6.07, 6.45) is 5.31. The molecule has 1 atom stereocenters. The number of nitrogens with zero attached hydrogens (tertiary/aromatic N) is 2. The van der Waals surface area contributed by atoms with Crippen molar-refractivity contribution >= 4 is 16.9 Å². The van der Waals surface area contributed by atoms with Crippen LogP contribution in [0, 0.1) is 6.92 Å². The minimum atomic E-state index is -0.425. The summed E-state index contributed by atoms with van der Waals surface area (Å²) >= 11 is 0. The molecular weight excluding hydrogens is 354 g/mol. The molecule has 6 nitrogen and oxygen atoms in total. The number of amides is 1. The zero-order valence-corrected chi connectivity index (χ0v) is 15.5. The Kier molecular flexibility index (Phi) is 4.53. The third-order valence-electron chi connectivity index (χ3n) is 4.65. The van der Waals surface area contributed by atoms with E-state index in [1.165, 1.54) is 6.07 Å². The number of rotatable bonds is 4. The highest BCUT2D eigenvalue weighted by Crippen LogP contribution is 2.18. The molecular formula is C22H19N3O3. The SMILES string of the molecule is Cc1ccc2oc(C(=O)NC(C)c3ccc(-n4ccnc4)cc3)cc(=O)c2c1. The lowest BCUT2D eigenvalue weighted by molar-refractivity contribution is 0.0912. The van der Waals surface area contributed by atoms with E-state index in [9.17, 15) is 9.59 Å². The largest absolute Gasteiger partial charge is 0.451 e. The summed E-state index contributed by atoms with van der Waals surface area (Å²) in [6, 6.07) is 14.1. The van der Waals surface area contributed by atoms with Crippen molar-refractivity contribution in [3.05, 3.63) is 94.4 Å². The minimum absolute atomic E-state index is 0.00300. The second-order valence-electron chi connectivity index (χ2n) is 6.73. The van der Waals surface area contributed by atoms with Crippen LogP contribution in [0.4, 0.5) is 0 Å². The van der Waals surface area contributed by atoms with E-state index in [0.717, 1.165) is 16.8 Å². The minimum Gasteiger partial charge on any atom is -0.451 e. The van der Waals surface area contributed by atoms with Crippen molar-refractivity contribution in [2.24, 2.45) is 0 Å². The first kappa shape index (κ1) is 17.7. The molecule has 0 bridgehead atoms. The Hall–Kier alpha value is -3.67. The lowest BCUT2D eigenvalue weighted by Gasteiger charge is -2.15. The van der Waals surface area contributed by atoms with Gasteiger partial charge in [0.25, 0.3) is 5.91 Å². The van der Waals surface area contributed by atoms with Crippen molar-refractivity contribution in [1.82, 2.24) is 14.9 Å². The van der Waals surface area contributed by atoms with Crippen LogP contribution in [0.25, 0.3) is 16.7 Å². The zero-order chi connectivity index (χ0) is 19.7. The molecule has 0 radical (unpaired) electrons. The highest BCUT2D eigenvalue weighted by atomic mass is 16.3. The number of nitrogens with one attached hydrogen (secondary N) is 1. The van der Waals surface area contributed by atoms with Gasteiger partial charge in [0.05, 0.1) is 17.8 Å². The van der Waals surface area contributed by atoms with E-state index >= 15 is 0 Å². The summed E-state index contributed by atoms with van der Waals surface area (Å²) in [5, 5.41) is 3.35. The highest BCUT2D eigenvalue weighted by Gasteiger charge is 2.16. The maximum Gasteiger partial charge on any atom is 0.287 e. The third-order valence-corrected chi connectivity index (χ3v) is 4.65. The molecule has 4 rings (SSSR count). The monoisotopic (exact) mass is 373 g/mol. The maximum atomic E-state index is 12.6. The standard InChI is InChI=1S/C22H19N3O3/c1-14-3-8-20-18(11-14)19(26)12-21(28-20)22(27)24-15(2)16-4-6-17(7-5-16)25-10-9-23-13-25/h3-13,15H,1-2H3,(H,24,27). The average molecular weight is 373 g/mol. The Bertz CT molecular complexity index is 1190. The second kappa shape index (κ2) is 7.15. The summed E-state index contributed by atoms with van der Waals surface area (Å²) in [4.78, 5) is 28.9. The lowest BCUT2D eigenvalue weighted by atomic mass is 10.1. The van der Waals surface area contributed by atoms with Crippen molar-refractivity contribution < 1.29 is 9.21 Å². The smallest absolute Gasteiger partial charge is 0.287 e. The van der Waals surface area contributed by atoms with Crippen LogP contribution in [0.2, 0.25) is 0 Å². The number of carbonyl (C=O) groups excluding carboxylic acids is 1. The summed E-state index contributed by atoms with van der Waals surface area (Å²) in [6.45, 7) is 3.78. The van der Waals surface area contributed by atoms with E-state index in [1.807, 2.05) is 54.9 Å². The molecule has 1 unspecified atom stereocenters. The number of imidazole rings is 1. The summed E-state index contributed by atoms with van der Waals surface area (Å²) < 4.78 is 7.54. The molecule has 1 amide bonds. The molecule has 0 aliphatic heterocycles. The van der Waals surface area contributed by atoms with E-state index < -0.39 is 5.91 Å². The van der Waals surface area contributed by atoms with E-state index in [2.05, 4.69) is 10.3 Å². The van der Waals surface area contributed by atoms with Gasteiger partial charge in [-0.25, -0.2) is 4.98 Å². The molecule has 0 fully saturated rings. The Morgan fingerprint density at radius 1 is 1.14 bits per heavy atom. The molecule has 2 aromatic heterocycles. The Balaban J connectivity index is 1.54. The molecule has 2 aromatic carbocycles. The number of hydrogen-bond acceptors (Lipinski definition) is 4. The van der Waals surface area contributed by atoms with Gasteiger partial charge in [0.15, 0.2) is 11.2 Å². The van der Waals surface area contributed by atoms with Gasteiger partial charge in [-0.1, -0.05) is 23.8 Å². The summed E-state index contributed by atoms with van der Waals surface area (Å²) in [7, 11) is 0. The molecule has 0 spiro atoms. The highest BCUT2D eigenvalue weighted by molar-refractivity contribution is 5.93. The second-order valence-corrected chi connectivity index (χ2v) is 6.73. The number of hydrogen-bond donors (Lipinski definition) is 1. The number of fused-ring (bicyclic) bond motifs is 1. The van der Waals surface area contributed by atoms with Crippen LogP contribution in [-0.2, 0) is 0 Å². The van der Waals surface area contributed by atoms with Crippen LogP contribution in [0.3, 0.4) is 0 Å². The van der Waals surface area contributed by atoms with Gasteiger partial charge in [-0.15, -0.1) is 0 Å². The Labute approximate surface area is 161 Å². The fraction of sp³-hybridized carbons (Fsp3) is 0.136. The van der Waals surface area contributed by atoms with Gasteiger partial charge in [-0.3, -0.25) is 9.59 Å². The first-order valence-electron chi connectivity index (χ1n) is 8.95. The molecule has 0 aliphatic carbocycles. The number of aryl methyl sites for hydroxylation is 1. The van der Waals surface area contributed by atoms with Gasteiger partial charge < -0.3 is 14.3 Å². The first-order chi connectivity index (χ1) is 13.5. The molecule has 0 saturated heterocycles. The number of carbonyl (C=O) groups is 1. The predicted molar refractivity (Wildman–Crippen MR) is 107 cm³/mol. The fourth-order valence-corrected chi connectivity index (χ4v) is 3.08. The fourth-order valence-electron chi connectivity index (χ4n) is 3.08. The quantitative estimate of drug-likeness (QED) is 0.591. The molecule has 0 aliphatic rings. The van der Waals surface area contributed by atoms with E-state index in [-0.39, 0.29) is 17.2 Å². The van der Waals surface area contributed by atoms with Gasteiger partial charge in [0.2, 0.25) is 0 Å². The summed E-state index contributed by atoms with van der Waals surface area (Å²) in [5.74, 6) is -0.422. The first-order valence-corrected chi connectivity index (χ1v) is 8.95. The molecule has 1 N–H and O–H groups in total. The Morgan fingerprint density at radius 3 is 2.64 bits per heavy atom.